The molecule has 0 heterocycles. The summed E-state index contributed by atoms with van der Waals surface area (Å²) in [7, 11) is 0. The Morgan fingerprint density at radius 1 is 1.25 bits per heavy atom. The largest absolute Gasteiger partial charge is 0.142 e. The van der Waals surface area contributed by atoms with E-state index in [0.29, 0.717) is 5.02 Å². The van der Waals surface area contributed by atoms with Crippen molar-refractivity contribution in [3.05, 3.63) is 28.8 Å². The zero-order chi connectivity index (χ0) is 9.35. The Morgan fingerprint density at radius 3 is 2.25 bits per heavy atom. The Kier molecular flexibility index (Phi) is 2.74. The Balaban J connectivity index is 3.14. The first-order valence-electron chi connectivity index (χ1n) is 3.90. The summed E-state index contributed by atoms with van der Waals surface area (Å²) in [4.78, 5) is 0.851. The Bertz CT molecular complexity index is 286. The molecule has 0 N–H and O–H groups in total. The molecule has 1 rings (SSSR count). The molecule has 0 fully saturated rings. The van der Waals surface area contributed by atoms with Crippen LogP contribution in [0.25, 0.3) is 0 Å². The minimum absolute atomic E-state index is 0.169. The highest BCUT2D eigenvalue weighted by atomic mass is 35.5. The summed E-state index contributed by atoms with van der Waals surface area (Å²) in [5.41, 5.74) is 1.43. The second kappa shape index (κ2) is 3.31. The molecule has 0 nitrogen and oxygen atoms in total. The molecule has 2 heteroatoms. The Morgan fingerprint density at radius 2 is 1.83 bits per heavy atom. The fraction of sp³-hybridized carbons (Fsp3) is 0.400. The molecule has 0 radical (unpaired) electrons. The van der Waals surface area contributed by atoms with E-state index >= 15 is 0 Å². The summed E-state index contributed by atoms with van der Waals surface area (Å²) >= 11 is 10.1. The monoisotopic (exact) mass is 200 g/mol. The highest BCUT2D eigenvalue weighted by Gasteiger charge is 2.13. The fourth-order valence-corrected chi connectivity index (χ4v) is 1.31. The molecule has 66 valence electrons. The molecule has 0 spiro atoms. The first-order valence-corrected chi connectivity index (χ1v) is 4.73. The van der Waals surface area contributed by atoms with Gasteiger partial charge in [-0.05, 0) is 23.1 Å². The minimum Gasteiger partial charge on any atom is -0.142 e. The summed E-state index contributed by atoms with van der Waals surface area (Å²) in [6.45, 7) is 6.51. The van der Waals surface area contributed by atoms with E-state index in [1.165, 1.54) is 5.56 Å². The molecule has 0 saturated heterocycles. The molecule has 1 aromatic carbocycles. The van der Waals surface area contributed by atoms with Crippen molar-refractivity contribution in [2.24, 2.45) is 0 Å². The van der Waals surface area contributed by atoms with Gasteiger partial charge in [-0.2, -0.15) is 0 Å². The van der Waals surface area contributed by atoms with Crippen molar-refractivity contribution in [3.63, 3.8) is 0 Å². The summed E-state index contributed by atoms with van der Waals surface area (Å²) in [6.07, 6.45) is 0. The van der Waals surface area contributed by atoms with Gasteiger partial charge in [-0.25, -0.2) is 0 Å². The zero-order valence-electron chi connectivity index (χ0n) is 7.56. The molecular weight excluding hydrogens is 188 g/mol. The predicted octanol–water partition coefficient (Wildman–Crippen LogP) is 3.93. The van der Waals surface area contributed by atoms with Gasteiger partial charge in [0.25, 0.3) is 0 Å². The van der Waals surface area contributed by atoms with E-state index in [4.69, 9.17) is 11.6 Å². The lowest BCUT2D eigenvalue weighted by molar-refractivity contribution is 0.589. The van der Waals surface area contributed by atoms with E-state index in [0.717, 1.165) is 4.90 Å². The maximum absolute atomic E-state index is 5.85. The highest BCUT2D eigenvalue weighted by Crippen LogP contribution is 2.28. The van der Waals surface area contributed by atoms with Crippen molar-refractivity contribution < 1.29 is 0 Å². The molecule has 0 unspecified atom stereocenters. The van der Waals surface area contributed by atoms with Crippen molar-refractivity contribution in [1.29, 1.82) is 0 Å². The van der Waals surface area contributed by atoms with Crippen LogP contribution in [0.4, 0.5) is 0 Å². The van der Waals surface area contributed by atoms with E-state index in [2.05, 4.69) is 33.4 Å². The topological polar surface area (TPSA) is 0 Å². The van der Waals surface area contributed by atoms with Crippen LogP contribution in [0.1, 0.15) is 26.3 Å². The molecule has 0 atom stereocenters. The van der Waals surface area contributed by atoms with Crippen LogP contribution in [0.15, 0.2) is 23.1 Å². The van der Waals surface area contributed by atoms with Gasteiger partial charge < -0.3 is 0 Å². The standard InChI is InChI=1S/C10H13ClS/c1-10(2,3)7-4-5-8(11)9(12)6-7/h4-6,12H,1-3H3. The number of halogens is 1. The number of rotatable bonds is 0. The number of benzene rings is 1. The number of hydrogen-bond donors (Lipinski definition) is 1. The van der Waals surface area contributed by atoms with Gasteiger partial charge in [0.2, 0.25) is 0 Å². The third-order valence-electron chi connectivity index (χ3n) is 1.81. The van der Waals surface area contributed by atoms with Gasteiger partial charge in [-0.1, -0.05) is 38.4 Å². The van der Waals surface area contributed by atoms with E-state index in [1.54, 1.807) is 0 Å². The molecule has 0 aliphatic carbocycles. The quantitative estimate of drug-likeness (QED) is 0.603. The maximum atomic E-state index is 5.85. The van der Waals surface area contributed by atoms with Crippen molar-refractivity contribution in [2.75, 3.05) is 0 Å². The molecule has 0 bridgehead atoms. The van der Waals surface area contributed by atoms with Crippen LogP contribution in [0.5, 0.6) is 0 Å². The summed E-state index contributed by atoms with van der Waals surface area (Å²) in [5.74, 6) is 0. The van der Waals surface area contributed by atoms with Gasteiger partial charge in [-0.3, -0.25) is 0 Å². The lowest BCUT2D eigenvalue weighted by Crippen LogP contribution is -2.10. The van der Waals surface area contributed by atoms with Gasteiger partial charge in [0.1, 0.15) is 0 Å². The number of hydrogen-bond acceptors (Lipinski definition) is 1. The summed E-state index contributed by atoms with van der Waals surface area (Å²) in [5, 5.41) is 0.714. The van der Waals surface area contributed by atoms with E-state index in [9.17, 15) is 0 Å². The summed E-state index contributed by atoms with van der Waals surface area (Å²) < 4.78 is 0. The first-order chi connectivity index (χ1) is 5.41. The molecule has 0 aliphatic rings. The highest BCUT2D eigenvalue weighted by molar-refractivity contribution is 7.80. The van der Waals surface area contributed by atoms with E-state index < -0.39 is 0 Å². The van der Waals surface area contributed by atoms with Crippen molar-refractivity contribution in [2.45, 2.75) is 31.1 Å². The lowest BCUT2D eigenvalue weighted by Gasteiger charge is -2.19. The predicted molar refractivity (Wildman–Crippen MR) is 57.4 cm³/mol. The van der Waals surface area contributed by atoms with Crippen LogP contribution in [-0.4, -0.2) is 0 Å². The van der Waals surface area contributed by atoms with Crippen molar-refractivity contribution in [1.82, 2.24) is 0 Å². The molecule has 0 aliphatic heterocycles. The smallest absolute Gasteiger partial charge is 0.0539 e. The van der Waals surface area contributed by atoms with Gasteiger partial charge in [0.05, 0.1) is 5.02 Å². The van der Waals surface area contributed by atoms with Crippen LogP contribution in [0.2, 0.25) is 5.02 Å². The van der Waals surface area contributed by atoms with Crippen molar-refractivity contribution in [3.8, 4) is 0 Å². The normalized spacial score (nSPS) is 11.8. The molecule has 1 aromatic rings. The molecule has 0 saturated carbocycles. The van der Waals surface area contributed by atoms with Gasteiger partial charge in [-0.15, -0.1) is 12.6 Å². The average molecular weight is 201 g/mol. The second-order valence-electron chi connectivity index (χ2n) is 3.92. The van der Waals surface area contributed by atoms with Gasteiger partial charge in [0, 0.05) is 4.90 Å². The SMILES string of the molecule is CC(C)(C)c1ccc(Cl)c(S)c1. The van der Waals surface area contributed by atoms with Crippen LogP contribution in [-0.2, 0) is 5.41 Å². The van der Waals surface area contributed by atoms with Gasteiger partial charge >= 0.3 is 0 Å². The third-order valence-corrected chi connectivity index (χ3v) is 2.64. The second-order valence-corrected chi connectivity index (χ2v) is 4.81. The van der Waals surface area contributed by atoms with Crippen LogP contribution in [0, 0.1) is 0 Å². The van der Waals surface area contributed by atoms with Gasteiger partial charge in [0.15, 0.2) is 0 Å². The Labute approximate surface area is 84.3 Å². The Hall–Kier alpha value is -0.140. The molecular formula is C10H13ClS. The maximum Gasteiger partial charge on any atom is 0.0539 e. The average Bonchev–Trinajstić information content (AvgIpc) is 1.92. The molecule has 0 aromatic heterocycles. The van der Waals surface area contributed by atoms with Crippen LogP contribution < -0.4 is 0 Å². The molecule has 0 amide bonds. The zero-order valence-corrected chi connectivity index (χ0v) is 9.21. The minimum atomic E-state index is 0.169. The van der Waals surface area contributed by atoms with E-state index in [1.807, 2.05) is 18.2 Å². The van der Waals surface area contributed by atoms with Crippen molar-refractivity contribution >= 4 is 24.2 Å². The van der Waals surface area contributed by atoms with Crippen LogP contribution in [0.3, 0.4) is 0 Å². The first kappa shape index (κ1) is 9.94. The van der Waals surface area contributed by atoms with E-state index in [-0.39, 0.29) is 5.41 Å². The fourth-order valence-electron chi connectivity index (χ4n) is 0.979. The number of thiol groups is 1. The lowest BCUT2D eigenvalue weighted by atomic mass is 9.87. The van der Waals surface area contributed by atoms with Crippen LogP contribution >= 0.6 is 24.2 Å². The summed E-state index contributed by atoms with van der Waals surface area (Å²) in [6, 6.07) is 5.96. The molecule has 12 heavy (non-hydrogen) atoms. The third kappa shape index (κ3) is 2.18.